The highest BCUT2D eigenvalue weighted by molar-refractivity contribution is 5.82. The van der Waals surface area contributed by atoms with Crippen LogP contribution in [0.2, 0.25) is 0 Å². The van der Waals surface area contributed by atoms with Gasteiger partial charge in [-0.2, -0.15) is 0 Å². The molecule has 1 rings (SSSR count). The van der Waals surface area contributed by atoms with E-state index in [9.17, 15) is 9.59 Å². The van der Waals surface area contributed by atoms with E-state index in [2.05, 4.69) is 19.2 Å². The van der Waals surface area contributed by atoms with Gasteiger partial charge in [-0.25, -0.2) is 9.59 Å². The first-order valence-electron chi connectivity index (χ1n) is 7.09. The maximum Gasteiger partial charge on any atom is 0.326 e. The molecular weight excluding hydrogens is 244 g/mol. The third kappa shape index (κ3) is 4.73. The van der Waals surface area contributed by atoms with Crippen molar-refractivity contribution in [3.05, 3.63) is 0 Å². The van der Waals surface area contributed by atoms with Gasteiger partial charge in [0.15, 0.2) is 0 Å². The lowest BCUT2D eigenvalue weighted by Gasteiger charge is -2.22. The summed E-state index contributed by atoms with van der Waals surface area (Å²) in [7, 11) is 0. The van der Waals surface area contributed by atoms with E-state index in [-0.39, 0.29) is 11.9 Å². The van der Waals surface area contributed by atoms with Gasteiger partial charge in [-0.1, -0.05) is 27.7 Å². The first kappa shape index (κ1) is 15.8. The average Bonchev–Trinajstić information content (AvgIpc) is 2.76. The summed E-state index contributed by atoms with van der Waals surface area (Å²) < 4.78 is 0. The number of rotatable bonds is 5. The smallest absolute Gasteiger partial charge is 0.326 e. The lowest BCUT2D eigenvalue weighted by Crippen LogP contribution is -2.47. The van der Waals surface area contributed by atoms with Crippen molar-refractivity contribution >= 4 is 12.0 Å². The summed E-state index contributed by atoms with van der Waals surface area (Å²) in [6.45, 7) is 9.68. The Kier molecular flexibility index (Phi) is 5.63. The number of amides is 2. The lowest BCUT2D eigenvalue weighted by molar-refractivity contribution is -0.139. The van der Waals surface area contributed by atoms with Gasteiger partial charge in [-0.15, -0.1) is 0 Å². The highest BCUT2D eigenvalue weighted by Crippen LogP contribution is 2.23. The van der Waals surface area contributed by atoms with Crippen LogP contribution in [-0.2, 0) is 4.79 Å². The molecule has 5 heteroatoms. The summed E-state index contributed by atoms with van der Waals surface area (Å²) in [4.78, 5) is 24.9. The fraction of sp³-hybridized carbons (Fsp3) is 0.857. The maximum atomic E-state index is 12.1. The van der Waals surface area contributed by atoms with E-state index in [1.807, 2.05) is 13.8 Å². The van der Waals surface area contributed by atoms with Crippen LogP contribution in [0.15, 0.2) is 0 Å². The van der Waals surface area contributed by atoms with Crippen LogP contribution in [0.3, 0.4) is 0 Å². The van der Waals surface area contributed by atoms with Gasteiger partial charge in [0.1, 0.15) is 6.04 Å². The Labute approximate surface area is 115 Å². The molecule has 1 fully saturated rings. The van der Waals surface area contributed by atoms with Crippen LogP contribution in [0.4, 0.5) is 4.79 Å². The minimum atomic E-state index is -0.957. The van der Waals surface area contributed by atoms with Crippen molar-refractivity contribution in [2.24, 2.45) is 17.8 Å². The Balaban J connectivity index is 2.51. The third-order valence-corrected chi connectivity index (χ3v) is 3.76. The first-order chi connectivity index (χ1) is 8.81. The number of carbonyl (C=O) groups is 2. The summed E-state index contributed by atoms with van der Waals surface area (Å²) in [5.41, 5.74) is 0. The van der Waals surface area contributed by atoms with Gasteiger partial charge in [0.05, 0.1) is 0 Å². The quantitative estimate of drug-likeness (QED) is 0.804. The van der Waals surface area contributed by atoms with Gasteiger partial charge in [0.2, 0.25) is 0 Å². The molecule has 0 bridgehead atoms. The summed E-state index contributed by atoms with van der Waals surface area (Å²) >= 11 is 0. The van der Waals surface area contributed by atoms with E-state index in [1.54, 1.807) is 4.90 Å². The fourth-order valence-corrected chi connectivity index (χ4v) is 2.45. The number of hydrogen-bond acceptors (Lipinski definition) is 2. The van der Waals surface area contributed by atoms with Gasteiger partial charge < -0.3 is 15.3 Å². The van der Waals surface area contributed by atoms with E-state index in [0.717, 1.165) is 19.5 Å². The third-order valence-electron chi connectivity index (χ3n) is 3.76. The highest BCUT2D eigenvalue weighted by atomic mass is 16.4. The molecule has 0 saturated carbocycles. The molecule has 2 unspecified atom stereocenters. The van der Waals surface area contributed by atoms with Crippen molar-refractivity contribution in [3.8, 4) is 0 Å². The van der Waals surface area contributed by atoms with Crippen molar-refractivity contribution in [3.63, 3.8) is 0 Å². The van der Waals surface area contributed by atoms with E-state index < -0.39 is 12.0 Å². The van der Waals surface area contributed by atoms with Crippen LogP contribution < -0.4 is 5.32 Å². The number of hydrogen-bond donors (Lipinski definition) is 2. The standard InChI is InChI=1S/C14H26N2O3/c1-9(2)7-12(13(17)18)15-14(19)16-6-5-11(8-16)10(3)4/h9-12H,5-8H2,1-4H3,(H,15,19)(H,17,18). The van der Waals surface area contributed by atoms with E-state index in [0.29, 0.717) is 18.3 Å². The summed E-state index contributed by atoms with van der Waals surface area (Å²) in [6, 6.07) is -1.03. The molecule has 1 aliphatic heterocycles. The summed E-state index contributed by atoms with van der Waals surface area (Å²) in [5, 5.41) is 11.8. The normalized spacial score (nSPS) is 20.9. The molecule has 0 aromatic carbocycles. The minimum absolute atomic E-state index is 0.239. The molecule has 1 heterocycles. The number of aliphatic carboxylic acids is 1. The second kappa shape index (κ2) is 6.78. The van der Waals surface area contributed by atoms with E-state index >= 15 is 0 Å². The Hall–Kier alpha value is -1.26. The van der Waals surface area contributed by atoms with Gasteiger partial charge in [-0.05, 0) is 30.6 Å². The Morgan fingerprint density at radius 3 is 2.37 bits per heavy atom. The molecule has 1 aliphatic rings. The van der Waals surface area contributed by atoms with Crippen molar-refractivity contribution < 1.29 is 14.7 Å². The number of carbonyl (C=O) groups excluding carboxylic acids is 1. The van der Waals surface area contributed by atoms with Crippen molar-refractivity contribution in [2.75, 3.05) is 13.1 Å². The van der Waals surface area contributed by atoms with E-state index in [4.69, 9.17) is 5.11 Å². The molecule has 0 aromatic heterocycles. The number of urea groups is 1. The maximum absolute atomic E-state index is 12.1. The van der Waals surface area contributed by atoms with Crippen molar-refractivity contribution in [2.45, 2.75) is 46.6 Å². The molecule has 1 saturated heterocycles. The molecule has 5 nitrogen and oxygen atoms in total. The van der Waals surface area contributed by atoms with Crippen molar-refractivity contribution in [1.29, 1.82) is 0 Å². The molecule has 19 heavy (non-hydrogen) atoms. The fourth-order valence-electron chi connectivity index (χ4n) is 2.45. The lowest BCUT2D eigenvalue weighted by atomic mass is 9.95. The largest absolute Gasteiger partial charge is 0.480 e. The highest BCUT2D eigenvalue weighted by Gasteiger charge is 2.30. The Bertz CT molecular complexity index is 329. The number of carboxylic acid groups (broad SMARTS) is 1. The van der Waals surface area contributed by atoms with Crippen LogP contribution in [0.5, 0.6) is 0 Å². The van der Waals surface area contributed by atoms with Gasteiger partial charge >= 0.3 is 12.0 Å². The predicted octanol–water partition coefficient (Wildman–Crippen LogP) is 2.17. The van der Waals surface area contributed by atoms with Crippen LogP contribution >= 0.6 is 0 Å². The van der Waals surface area contributed by atoms with E-state index in [1.165, 1.54) is 0 Å². The van der Waals surface area contributed by atoms with Crippen LogP contribution in [0.25, 0.3) is 0 Å². The summed E-state index contributed by atoms with van der Waals surface area (Å²) in [6.07, 6.45) is 1.47. The van der Waals surface area contributed by atoms with Gasteiger partial charge in [-0.3, -0.25) is 0 Å². The monoisotopic (exact) mass is 270 g/mol. The minimum Gasteiger partial charge on any atom is -0.480 e. The number of nitrogens with one attached hydrogen (secondary N) is 1. The molecule has 2 atom stereocenters. The summed E-state index contributed by atoms with van der Waals surface area (Å²) in [5.74, 6) is 0.368. The molecule has 0 aliphatic carbocycles. The Morgan fingerprint density at radius 1 is 1.32 bits per heavy atom. The predicted molar refractivity (Wildman–Crippen MR) is 73.9 cm³/mol. The number of likely N-dealkylation sites (tertiary alicyclic amines) is 1. The second-order valence-corrected chi connectivity index (χ2v) is 6.21. The zero-order valence-electron chi connectivity index (χ0n) is 12.3. The molecule has 2 N–H and O–H groups in total. The van der Waals surface area contributed by atoms with Crippen LogP contribution in [-0.4, -0.2) is 41.1 Å². The molecule has 110 valence electrons. The van der Waals surface area contributed by atoms with Gasteiger partial charge in [0, 0.05) is 13.1 Å². The molecular formula is C14H26N2O3. The SMILES string of the molecule is CC(C)CC(NC(=O)N1CCC(C(C)C)C1)C(=O)O. The van der Waals surface area contributed by atoms with Crippen LogP contribution in [0, 0.1) is 17.8 Å². The molecule has 0 spiro atoms. The zero-order chi connectivity index (χ0) is 14.6. The van der Waals surface area contributed by atoms with Crippen molar-refractivity contribution in [1.82, 2.24) is 10.2 Å². The molecule has 0 aromatic rings. The first-order valence-corrected chi connectivity index (χ1v) is 7.09. The number of carboxylic acids is 1. The molecule has 0 radical (unpaired) electrons. The topological polar surface area (TPSA) is 69.6 Å². The van der Waals surface area contributed by atoms with Gasteiger partial charge in [0.25, 0.3) is 0 Å². The zero-order valence-corrected chi connectivity index (χ0v) is 12.3. The number of nitrogens with zero attached hydrogens (tertiary/aromatic N) is 1. The Morgan fingerprint density at radius 2 is 1.95 bits per heavy atom. The second-order valence-electron chi connectivity index (χ2n) is 6.21. The molecule has 2 amide bonds. The van der Waals surface area contributed by atoms with Crippen LogP contribution in [0.1, 0.15) is 40.5 Å². The average molecular weight is 270 g/mol.